The van der Waals surface area contributed by atoms with E-state index in [0.717, 1.165) is 11.4 Å². The molecule has 27 heavy (non-hydrogen) atoms. The highest BCUT2D eigenvalue weighted by atomic mass is 16.6. The van der Waals surface area contributed by atoms with Crippen LogP contribution in [0.25, 0.3) is 0 Å². The number of hydrogen-bond acceptors (Lipinski definition) is 6. The van der Waals surface area contributed by atoms with Crippen LogP contribution in [0.2, 0.25) is 0 Å². The Morgan fingerprint density at radius 1 is 1.30 bits per heavy atom. The summed E-state index contributed by atoms with van der Waals surface area (Å²) in [6.07, 6.45) is 11.2. The first-order valence-corrected chi connectivity index (χ1v) is 8.46. The lowest BCUT2D eigenvalue weighted by atomic mass is 9.85. The van der Waals surface area contributed by atoms with Gasteiger partial charge in [0, 0.05) is 17.7 Å². The normalized spacial score (nSPS) is 28.0. The van der Waals surface area contributed by atoms with E-state index in [1.165, 1.54) is 24.4 Å². The number of allylic oxidation sites excluding steroid dienone is 2. The van der Waals surface area contributed by atoms with E-state index in [1.54, 1.807) is 0 Å². The van der Waals surface area contributed by atoms with Crippen molar-refractivity contribution < 1.29 is 19.2 Å². The van der Waals surface area contributed by atoms with Crippen molar-refractivity contribution in [1.29, 1.82) is 0 Å². The zero-order chi connectivity index (χ0) is 19.1. The van der Waals surface area contributed by atoms with E-state index >= 15 is 0 Å². The number of carbonyl (C=O) groups excluding carboxylic acids is 2. The zero-order valence-corrected chi connectivity index (χ0v) is 14.1. The summed E-state index contributed by atoms with van der Waals surface area (Å²) in [6.45, 7) is -0.0284. The highest BCUT2D eigenvalue weighted by molar-refractivity contribution is 6.07. The summed E-state index contributed by atoms with van der Waals surface area (Å²) in [5.41, 5.74) is 0.0981. The molecule has 4 rings (SSSR count). The number of fused-ring (bicyclic) bond motifs is 5. The Balaban J connectivity index is 1.62. The third-order valence-electron chi connectivity index (χ3n) is 5.27. The van der Waals surface area contributed by atoms with Gasteiger partial charge in [-0.2, -0.15) is 10.1 Å². The van der Waals surface area contributed by atoms with Crippen LogP contribution in [0.3, 0.4) is 0 Å². The first-order chi connectivity index (χ1) is 13.0. The van der Waals surface area contributed by atoms with Gasteiger partial charge in [-0.3, -0.25) is 19.7 Å². The SMILES string of the molecule is C#CCOc1ccc([N+](=O)[O-])cc1/C=N\N1C(=O)[C@H]2[C@H](C1=O)[C@H]1C=C[C@H]2C1. The fourth-order valence-corrected chi connectivity index (χ4v) is 4.12. The van der Waals surface area contributed by atoms with E-state index < -0.39 is 4.92 Å². The van der Waals surface area contributed by atoms with Gasteiger partial charge in [-0.15, -0.1) is 6.42 Å². The third kappa shape index (κ3) is 2.68. The Labute approximate surface area is 154 Å². The minimum atomic E-state index is -0.553. The van der Waals surface area contributed by atoms with Gasteiger partial charge in [0.25, 0.3) is 17.5 Å². The molecule has 2 bridgehead atoms. The van der Waals surface area contributed by atoms with Crippen LogP contribution in [0.15, 0.2) is 35.5 Å². The molecule has 1 heterocycles. The number of hydrogen-bond donors (Lipinski definition) is 0. The number of non-ortho nitro benzene ring substituents is 1. The van der Waals surface area contributed by atoms with Crippen LogP contribution in [-0.2, 0) is 9.59 Å². The summed E-state index contributed by atoms with van der Waals surface area (Å²) in [6, 6.07) is 3.94. The molecule has 1 saturated carbocycles. The molecule has 2 fully saturated rings. The summed E-state index contributed by atoms with van der Waals surface area (Å²) < 4.78 is 5.36. The number of terminal acetylenes is 1. The fourth-order valence-electron chi connectivity index (χ4n) is 4.12. The van der Waals surface area contributed by atoms with Gasteiger partial charge in [0.15, 0.2) is 0 Å². The molecule has 0 spiro atoms. The Hall–Kier alpha value is -3.47. The molecule has 0 N–H and O–H groups in total. The van der Waals surface area contributed by atoms with Gasteiger partial charge in [0.05, 0.1) is 23.0 Å². The molecule has 1 saturated heterocycles. The Morgan fingerprint density at radius 3 is 2.56 bits per heavy atom. The molecule has 1 aromatic rings. The molecule has 3 aliphatic rings. The van der Waals surface area contributed by atoms with Crippen molar-refractivity contribution >= 4 is 23.7 Å². The van der Waals surface area contributed by atoms with Gasteiger partial charge in [-0.25, -0.2) is 0 Å². The van der Waals surface area contributed by atoms with Gasteiger partial charge in [-0.05, 0) is 24.3 Å². The molecule has 8 nitrogen and oxygen atoms in total. The molecule has 8 heteroatoms. The van der Waals surface area contributed by atoms with Crippen molar-refractivity contribution in [3.63, 3.8) is 0 Å². The van der Waals surface area contributed by atoms with Crippen molar-refractivity contribution in [2.75, 3.05) is 6.61 Å². The minimum Gasteiger partial charge on any atom is -0.480 e. The number of nitrogens with zero attached hydrogens (tertiary/aromatic N) is 3. The summed E-state index contributed by atoms with van der Waals surface area (Å²) in [5.74, 6) is 1.41. The lowest BCUT2D eigenvalue weighted by molar-refractivity contribution is -0.384. The maximum atomic E-state index is 12.6. The van der Waals surface area contributed by atoms with Crippen LogP contribution in [-0.4, -0.2) is 34.6 Å². The van der Waals surface area contributed by atoms with Gasteiger partial charge in [-0.1, -0.05) is 18.1 Å². The third-order valence-corrected chi connectivity index (χ3v) is 5.27. The highest BCUT2D eigenvalue weighted by Crippen LogP contribution is 2.52. The van der Waals surface area contributed by atoms with Gasteiger partial charge < -0.3 is 4.74 Å². The van der Waals surface area contributed by atoms with E-state index in [9.17, 15) is 19.7 Å². The minimum absolute atomic E-state index is 0.0284. The second-order valence-electron chi connectivity index (χ2n) is 6.70. The first kappa shape index (κ1) is 17.0. The molecule has 4 atom stereocenters. The van der Waals surface area contributed by atoms with Crippen molar-refractivity contribution in [3.05, 3.63) is 46.0 Å². The topological polar surface area (TPSA) is 102 Å². The Morgan fingerprint density at radius 2 is 1.96 bits per heavy atom. The van der Waals surface area contributed by atoms with Crippen molar-refractivity contribution in [2.24, 2.45) is 28.8 Å². The van der Waals surface area contributed by atoms with Crippen LogP contribution in [0.4, 0.5) is 5.69 Å². The number of amides is 2. The number of nitro benzene ring substituents is 1. The van der Waals surface area contributed by atoms with Crippen molar-refractivity contribution in [1.82, 2.24) is 5.01 Å². The number of hydrazone groups is 1. The number of rotatable bonds is 5. The second-order valence-corrected chi connectivity index (χ2v) is 6.70. The molecule has 1 aliphatic heterocycles. The molecular formula is C19H15N3O5. The van der Waals surface area contributed by atoms with E-state index in [2.05, 4.69) is 11.0 Å². The molecule has 2 aliphatic carbocycles. The maximum Gasteiger partial charge on any atom is 0.270 e. The Kier molecular flexibility index (Phi) is 4.00. The van der Waals surface area contributed by atoms with E-state index in [4.69, 9.17) is 11.2 Å². The molecule has 0 unspecified atom stereocenters. The van der Waals surface area contributed by atoms with Gasteiger partial charge in [0.2, 0.25) is 0 Å². The largest absolute Gasteiger partial charge is 0.480 e. The predicted octanol–water partition coefficient (Wildman–Crippen LogP) is 1.75. The number of imide groups is 1. The molecule has 136 valence electrons. The number of ether oxygens (including phenoxy) is 1. The van der Waals surface area contributed by atoms with Crippen molar-refractivity contribution in [3.8, 4) is 18.1 Å². The van der Waals surface area contributed by atoms with Crippen LogP contribution >= 0.6 is 0 Å². The number of carbonyl (C=O) groups is 2. The van der Waals surface area contributed by atoms with E-state index in [-0.39, 0.29) is 59.1 Å². The lowest BCUT2D eigenvalue weighted by Gasteiger charge is -2.13. The van der Waals surface area contributed by atoms with E-state index in [1.807, 2.05) is 12.2 Å². The standard InChI is InChI=1S/C19H15N3O5/c1-2-7-27-15-6-5-14(22(25)26)9-13(15)10-20-21-18(23)16-11-3-4-12(8-11)17(16)19(21)24/h1,3-6,9-12,16-17H,7-8H2/b20-10-/t11-,12-,16+,17+/m0/s1. The monoisotopic (exact) mass is 365 g/mol. The Bertz CT molecular complexity index is 915. The smallest absolute Gasteiger partial charge is 0.270 e. The molecular weight excluding hydrogens is 350 g/mol. The van der Waals surface area contributed by atoms with Crippen molar-refractivity contribution in [2.45, 2.75) is 6.42 Å². The molecule has 0 radical (unpaired) electrons. The predicted molar refractivity (Wildman–Crippen MR) is 94.6 cm³/mol. The fraction of sp³-hybridized carbons (Fsp3) is 0.316. The summed E-state index contributed by atoms with van der Waals surface area (Å²) in [7, 11) is 0. The average molecular weight is 365 g/mol. The summed E-state index contributed by atoms with van der Waals surface area (Å²) >= 11 is 0. The number of benzene rings is 1. The van der Waals surface area contributed by atoms with E-state index in [0.29, 0.717) is 0 Å². The summed E-state index contributed by atoms with van der Waals surface area (Å²) in [5, 5.41) is 15.9. The summed E-state index contributed by atoms with van der Waals surface area (Å²) in [4.78, 5) is 35.7. The highest BCUT2D eigenvalue weighted by Gasteiger charge is 2.59. The van der Waals surface area contributed by atoms with Crippen LogP contribution in [0.5, 0.6) is 5.75 Å². The molecule has 1 aromatic carbocycles. The number of nitro groups is 1. The second kappa shape index (κ2) is 6.36. The van der Waals surface area contributed by atoms with Gasteiger partial charge in [0.1, 0.15) is 12.4 Å². The molecule has 0 aromatic heterocycles. The maximum absolute atomic E-state index is 12.6. The molecule has 2 amide bonds. The lowest BCUT2D eigenvalue weighted by Crippen LogP contribution is -2.28. The zero-order valence-electron chi connectivity index (χ0n) is 14.1. The average Bonchev–Trinajstić information content (AvgIpc) is 3.33. The van der Waals surface area contributed by atoms with Crippen LogP contribution < -0.4 is 4.74 Å². The quantitative estimate of drug-likeness (QED) is 0.198. The van der Waals surface area contributed by atoms with Crippen LogP contribution in [0.1, 0.15) is 12.0 Å². The van der Waals surface area contributed by atoms with Crippen LogP contribution in [0, 0.1) is 46.1 Å². The first-order valence-electron chi connectivity index (χ1n) is 8.46. The van der Waals surface area contributed by atoms with Gasteiger partial charge >= 0.3 is 0 Å².